The highest BCUT2D eigenvalue weighted by molar-refractivity contribution is 6.31. The molecule has 4 aromatic rings. The highest BCUT2D eigenvalue weighted by Gasteiger charge is 2.22. The van der Waals surface area contributed by atoms with Crippen LogP contribution in [0.1, 0.15) is 35.2 Å². The van der Waals surface area contributed by atoms with E-state index >= 15 is 0 Å². The minimum Gasteiger partial charge on any atom is -0.396 e. The van der Waals surface area contributed by atoms with Gasteiger partial charge in [0.15, 0.2) is 0 Å². The Labute approximate surface area is 207 Å². The van der Waals surface area contributed by atoms with Crippen molar-refractivity contribution in [1.82, 2.24) is 19.4 Å². The quantitative estimate of drug-likeness (QED) is 0.389. The van der Waals surface area contributed by atoms with Gasteiger partial charge >= 0.3 is 0 Å². The summed E-state index contributed by atoms with van der Waals surface area (Å²) >= 11 is 5.93. The van der Waals surface area contributed by atoms with Crippen LogP contribution in [0.25, 0.3) is 16.6 Å². The zero-order valence-corrected chi connectivity index (χ0v) is 19.8. The van der Waals surface area contributed by atoms with Crippen LogP contribution in [0.3, 0.4) is 0 Å². The summed E-state index contributed by atoms with van der Waals surface area (Å²) in [4.78, 5) is 23.8. The lowest BCUT2D eigenvalue weighted by Crippen LogP contribution is -2.35. The molecule has 5 rings (SSSR count). The van der Waals surface area contributed by atoms with Gasteiger partial charge in [0.2, 0.25) is 0 Å². The van der Waals surface area contributed by atoms with E-state index in [2.05, 4.69) is 15.3 Å². The number of rotatable bonds is 6. The normalized spacial score (nSPS) is 13.9. The average molecular weight is 494 g/mol. The van der Waals surface area contributed by atoms with E-state index in [9.17, 15) is 14.3 Å². The van der Waals surface area contributed by atoms with Crippen LogP contribution in [0.4, 0.5) is 15.9 Å². The third-order valence-corrected chi connectivity index (χ3v) is 6.55. The molecular weight excluding hydrogens is 469 g/mol. The van der Waals surface area contributed by atoms with Crippen molar-refractivity contribution in [1.29, 1.82) is 0 Å². The van der Waals surface area contributed by atoms with Crippen LogP contribution in [0.2, 0.25) is 5.02 Å². The summed E-state index contributed by atoms with van der Waals surface area (Å²) in [6.45, 7) is 1.49. The van der Waals surface area contributed by atoms with Crippen LogP contribution in [-0.4, -0.2) is 50.1 Å². The predicted molar refractivity (Wildman–Crippen MR) is 134 cm³/mol. The number of halogens is 2. The van der Waals surface area contributed by atoms with Gasteiger partial charge in [-0.3, -0.25) is 4.79 Å². The summed E-state index contributed by atoms with van der Waals surface area (Å²) in [5.74, 6) is 0.0618. The lowest BCUT2D eigenvalue weighted by atomic mass is 10.1. The second kappa shape index (κ2) is 10.0. The van der Waals surface area contributed by atoms with Crippen molar-refractivity contribution < 1.29 is 14.3 Å². The second-order valence-electron chi connectivity index (χ2n) is 8.61. The maximum atomic E-state index is 13.6. The third kappa shape index (κ3) is 4.85. The number of hydrogen-bond acceptors (Lipinski definition) is 5. The van der Waals surface area contributed by atoms with E-state index in [1.54, 1.807) is 6.07 Å². The van der Waals surface area contributed by atoms with E-state index in [1.807, 2.05) is 40.1 Å². The molecule has 7 nitrogen and oxygen atoms in total. The lowest BCUT2D eigenvalue weighted by molar-refractivity contribution is 0.0723. The van der Waals surface area contributed by atoms with Crippen molar-refractivity contribution in [2.45, 2.75) is 25.7 Å². The number of piperidine rings is 1. The molecule has 9 heteroatoms. The predicted octanol–water partition coefficient (Wildman–Crippen LogP) is 5.12. The fraction of sp³-hybridized carbons (Fsp3) is 0.269. The largest absolute Gasteiger partial charge is 0.396 e. The van der Waals surface area contributed by atoms with Gasteiger partial charge in [-0.15, -0.1) is 0 Å². The Morgan fingerprint density at radius 3 is 2.69 bits per heavy atom. The van der Waals surface area contributed by atoms with Gasteiger partial charge in [-0.1, -0.05) is 11.6 Å². The Morgan fingerprint density at radius 1 is 1.09 bits per heavy atom. The van der Waals surface area contributed by atoms with Crippen molar-refractivity contribution in [3.05, 3.63) is 77.1 Å². The van der Waals surface area contributed by atoms with Crippen LogP contribution in [0.15, 0.2) is 55.1 Å². The number of benzene rings is 2. The van der Waals surface area contributed by atoms with Crippen molar-refractivity contribution in [3.63, 3.8) is 0 Å². The number of aliphatic hydroxyl groups is 1. The fourth-order valence-electron chi connectivity index (χ4n) is 4.44. The molecule has 2 N–H and O–H groups in total. The zero-order valence-electron chi connectivity index (χ0n) is 19.0. The maximum Gasteiger partial charge on any atom is 0.255 e. The number of anilines is 2. The number of carbonyl (C=O) groups excluding carboxylic acids is 1. The minimum atomic E-state index is -0.492. The first-order valence-electron chi connectivity index (χ1n) is 11.6. The standard InChI is InChI=1S/C26H25ClFN5O2/c27-22-12-18(4-6-23(22)28)31-25-20-13-19(5-7-24(20)29-16-30-25)33-14-17(8-11-34)21(15-33)26(35)32-9-2-1-3-10-32/h4-7,12-16,34H,1-3,8-11H2,(H,29,30,31). The minimum absolute atomic E-state index is 0.00608. The number of aromatic nitrogens is 3. The highest BCUT2D eigenvalue weighted by Crippen LogP contribution is 2.28. The summed E-state index contributed by atoms with van der Waals surface area (Å²) < 4.78 is 15.5. The first kappa shape index (κ1) is 23.3. The van der Waals surface area contributed by atoms with Crippen LogP contribution >= 0.6 is 11.6 Å². The van der Waals surface area contributed by atoms with Gasteiger partial charge in [-0.05, 0) is 67.6 Å². The molecule has 35 heavy (non-hydrogen) atoms. The van der Waals surface area contributed by atoms with Crippen LogP contribution in [0.5, 0.6) is 0 Å². The molecule has 1 saturated heterocycles. The highest BCUT2D eigenvalue weighted by atomic mass is 35.5. The van der Waals surface area contributed by atoms with Crippen LogP contribution in [-0.2, 0) is 6.42 Å². The Bertz CT molecular complexity index is 1380. The smallest absolute Gasteiger partial charge is 0.255 e. The molecule has 1 aliphatic rings. The summed E-state index contributed by atoms with van der Waals surface area (Å²) in [6.07, 6.45) is 8.76. The molecule has 2 aromatic heterocycles. The first-order valence-corrected chi connectivity index (χ1v) is 12.0. The fourth-order valence-corrected chi connectivity index (χ4v) is 4.62. The number of nitrogens with one attached hydrogen (secondary N) is 1. The number of nitrogens with zero attached hydrogens (tertiary/aromatic N) is 4. The van der Waals surface area contributed by atoms with Crippen molar-refractivity contribution in [3.8, 4) is 5.69 Å². The number of amides is 1. The molecule has 0 unspecified atom stereocenters. The van der Waals surface area contributed by atoms with Gasteiger partial charge in [-0.25, -0.2) is 14.4 Å². The van der Waals surface area contributed by atoms with Crippen molar-refractivity contribution in [2.75, 3.05) is 25.0 Å². The first-order chi connectivity index (χ1) is 17.0. The van der Waals surface area contributed by atoms with Gasteiger partial charge in [-0.2, -0.15) is 0 Å². The van der Waals surface area contributed by atoms with Gasteiger partial charge in [0.05, 0.1) is 16.1 Å². The molecular formula is C26H25ClFN5O2. The van der Waals surface area contributed by atoms with E-state index < -0.39 is 5.82 Å². The molecule has 0 bridgehead atoms. The zero-order chi connectivity index (χ0) is 24.4. The van der Waals surface area contributed by atoms with E-state index in [4.69, 9.17) is 11.6 Å². The van der Waals surface area contributed by atoms with E-state index in [-0.39, 0.29) is 17.5 Å². The van der Waals surface area contributed by atoms with Gasteiger partial charge in [0.1, 0.15) is 18.0 Å². The molecule has 0 saturated carbocycles. The molecule has 0 atom stereocenters. The van der Waals surface area contributed by atoms with E-state index in [0.29, 0.717) is 23.5 Å². The lowest BCUT2D eigenvalue weighted by Gasteiger charge is -2.26. The van der Waals surface area contributed by atoms with E-state index in [1.165, 1.54) is 18.5 Å². The summed E-state index contributed by atoms with van der Waals surface area (Å²) in [6, 6.07) is 10.1. The number of fused-ring (bicyclic) bond motifs is 1. The molecule has 1 amide bonds. The molecule has 2 aromatic carbocycles. The van der Waals surface area contributed by atoms with Gasteiger partial charge < -0.3 is 19.9 Å². The molecule has 0 aliphatic carbocycles. The van der Waals surface area contributed by atoms with Crippen LogP contribution in [0, 0.1) is 5.82 Å². The SMILES string of the molecule is O=C(c1cn(-c2ccc3ncnc(Nc4ccc(F)c(Cl)c4)c3c2)cc1CCO)N1CCCCC1. The Balaban J connectivity index is 1.51. The Hall–Kier alpha value is -3.49. The molecule has 1 aliphatic heterocycles. The molecule has 0 spiro atoms. The molecule has 180 valence electrons. The summed E-state index contributed by atoms with van der Waals surface area (Å²) in [5, 5.41) is 13.5. The monoisotopic (exact) mass is 493 g/mol. The summed E-state index contributed by atoms with van der Waals surface area (Å²) in [5.41, 5.74) is 3.58. The summed E-state index contributed by atoms with van der Waals surface area (Å²) in [7, 11) is 0. The second-order valence-corrected chi connectivity index (χ2v) is 9.02. The topological polar surface area (TPSA) is 83.3 Å². The average Bonchev–Trinajstić information content (AvgIpc) is 3.30. The van der Waals surface area contributed by atoms with Crippen molar-refractivity contribution in [2.24, 2.45) is 0 Å². The molecule has 1 fully saturated rings. The Morgan fingerprint density at radius 2 is 1.91 bits per heavy atom. The van der Waals surface area contributed by atoms with E-state index in [0.717, 1.165) is 54.5 Å². The number of aliphatic hydroxyl groups excluding tert-OH is 1. The van der Waals surface area contributed by atoms with Gasteiger partial charge in [0.25, 0.3) is 5.91 Å². The van der Waals surface area contributed by atoms with Crippen molar-refractivity contribution >= 4 is 39.9 Å². The number of carbonyl (C=O) groups is 1. The number of hydrogen-bond donors (Lipinski definition) is 2. The van der Waals surface area contributed by atoms with Crippen LogP contribution < -0.4 is 5.32 Å². The number of likely N-dealkylation sites (tertiary alicyclic amines) is 1. The Kier molecular flexibility index (Phi) is 6.66. The molecule has 0 radical (unpaired) electrons. The van der Waals surface area contributed by atoms with Gasteiger partial charge in [0, 0.05) is 48.9 Å². The maximum absolute atomic E-state index is 13.6. The molecule has 3 heterocycles. The third-order valence-electron chi connectivity index (χ3n) is 6.26.